The van der Waals surface area contributed by atoms with Crippen molar-refractivity contribution in [3.8, 4) is 11.5 Å². The fraction of sp³-hybridized carbons (Fsp3) is 0.143. The molecule has 0 N–H and O–H groups in total. The number of rotatable bonds is 4. The van der Waals surface area contributed by atoms with Gasteiger partial charge in [0.2, 0.25) is 0 Å². The molecule has 94 valence electrons. The summed E-state index contributed by atoms with van der Waals surface area (Å²) in [6.07, 6.45) is 0. The Hall–Kier alpha value is -1.73. The van der Waals surface area contributed by atoms with E-state index >= 15 is 0 Å². The molecule has 1 atom stereocenters. The first kappa shape index (κ1) is 12.7. The first-order chi connectivity index (χ1) is 8.57. The van der Waals surface area contributed by atoms with E-state index in [-0.39, 0.29) is 0 Å². The highest BCUT2D eigenvalue weighted by Gasteiger charge is 2.21. The first-order valence-corrected chi connectivity index (χ1v) is 7.63. The van der Waals surface area contributed by atoms with Gasteiger partial charge in [0.1, 0.15) is 11.5 Å². The maximum atomic E-state index is 12.3. The zero-order valence-electron chi connectivity index (χ0n) is 10.4. The van der Waals surface area contributed by atoms with Crippen LogP contribution >= 0.6 is 7.60 Å². The molecule has 0 aliphatic rings. The first-order valence-electron chi connectivity index (χ1n) is 5.64. The molecule has 0 radical (unpaired) electrons. The lowest BCUT2D eigenvalue weighted by atomic mass is 10.2. The van der Waals surface area contributed by atoms with Crippen molar-refractivity contribution in [3.63, 3.8) is 0 Å². The number of aryl methyl sites for hydroxylation is 1. The van der Waals surface area contributed by atoms with E-state index in [1.807, 2.05) is 43.3 Å². The van der Waals surface area contributed by atoms with E-state index in [2.05, 4.69) is 0 Å². The molecule has 18 heavy (non-hydrogen) atoms. The minimum atomic E-state index is -3.16. The summed E-state index contributed by atoms with van der Waals surface area (Å²) >= 11 is 0. The van der Waals surface area contributed by atoms with Gasteiger partial charge >= 0.3 is 7.60 Å². The molecule has 0 aliphatic heterocycles. The average Bonchev–Trinajstić information content (AvgIpc) is 2.32. The zero-order valence-corrected chi connectivity index (χ0v) is 11.3. The molecular weight excluding hydrogens is 247 g/mol. The summed E-state index contributed by atoms with van der Waals surface area (Å²) in [5, 5.41) is 0. The Kier molecular flexibility index (Phi) is 3.73. The van der Waals surface area contributed by atoms with Crippen molar-refractivity contribution in [2.75, 3.05) is 6.66 Å². The highest BCUT2D eigenvalue weighted by atomic mass is 31.2. The van der Waals surface area contributed by atoms with Crippen molar-refractivity contribution in [2.24, 2.45) is 0 Å². The second kappa shape index (κ2) is 5.28. The minimum Gasteiger partial charge on any atom is -0.416 e. The summed E-state index contributed by atoms with van der Waals surface area (Å²) in [5.41, 5.74) is 0.927. The van der Waals surface area contributed by atoms with Crippen LogP contribution in [0.15, 0.2) is 54.6 Å². The Balaban J connectivity index is 2.13. The molecule has 0 spiro atoms. The second-order valence-electron chi connectivity index (χ2n) is 4.03. The lowest BCUT2D eigenvalue weighted by Crippen LogP contribution is -2.00. The largest absolute Gasteiger partial charge is 0.427 e. The molecule has 2 rings (SSSR count). The summed E-state index contributed by atoms with van der Waals surface area (Å²) in [7, 11) is -3.16. The molecule has 0 saturated carbocycles. The Bertz CT molecular complexity index is 566. The van der Waals surface area contributed by atoms with Crippen molar-refractivity contribution < 1.29 is 13.6 Å². The van der Waals surface area contributed by atoms with Crippen LogP contribution in [-0.2, 0) is 4.57 Å². The molecule has 0 aromatic heterocycles. The Labute approximate surface area is 107 Å². The molecule has 0 heterocycles. The van der Waals surface area contributed by atoms with Crippen LogP contribution in [0.4, 0.5) is 0 Å². The van der Waals surface area contributed by atoms with E-state index in [0.717, 1.165) is 5.56 Å². The predicted octanol–water partition coefficient (Wildman–Crippen LogP) is 4.28. The second-order valence-corrected chi connectivity index (χ2v) is 5.94. The van der Waals surface area contributed by atoms with Gasteiger partial charge in [0.05, 0.1) is 6.66 Å². The van der Waals surface area contributed by atoms with Gasteiger partial charge in [-0.3, -0.25) is 0 Å². The molecule has 0 saturated heterocycles. The number of hydrogen-bond donors (Lipinski definition) is 0. The minimum absolute atomic E-state index is 0.539. The average molecular weight is 262 g/mol. The Morgan fingerprint density at radius 2 is 1.50 bits per heavy atom. The van der Waals surface area contributed by atoms with Crippen LogP contribution in [0.3, 0.4) is 0 Å². The van der Waals surface area contributed by atoms with E-state index in [1.54, 1.807) is 18.2 Å². The third-order valence-corrected chi connectivity index (χ3v) is 3.44. The third kappa shape index (κ3) is 3.38. The van der Waals surface area contributed by atoms with E-state index < -0.39 is 7.60 Å². The highest BCUT2D eigenvalue weighted by molar-refractivity contribution is 7.53. The lowest BCUT2D eigenvalue weighted by Gasteiger charge is -2.17. The van der Waals surface area contributed by atoms with Crippen LogP contribution in [0, 0.1) is 6.92 Å². The summed E-state index contributed by atoms with van der Waals surface area (Å²) in [6, 6.07) is 16.4. The van der Waals surface area contributed by atoms with Crippen LogP contribution in [0.2, 0.25) is 0 Å². The van der Waals surface area contributed by atoms with E-state index in [0.29, 0.717) is 11.5 Å². The summed E-state index contributed by atoms with van der Waals surface area (Å²) in [5.74, 6) is 1.12. The van der Waals surface area contributed by atoms with Crippen LogP contribution in [-0.4, -0.2) is 6.66 Å². The fourth-order valence-electron chi connectivity index (χ4n) is 1.53. The number of hydrogen-bond acceptors (Lipinski definition) is 3. The number of benzene rings is 2. The van der Waals surface area contributed by atoms with Gasteiger partial charge in [-0.25, -0.2) is 4.57 Å². The van der Waals surface area contributed by atoms with Crippen molar-refractivity contribution in [3.05, 3.63) is 60.2 Å². The van der Waals surface area contributed by atoms with Gasteiger partial charge in [-0.05, 0) is 30.7 Å². The van der Waals surface area contributed by atoms with Crippen LogP contribution in [0.25, 0.3) is 0 Å². The SMILES string of the molecule is Cc1ccccc1OP(C)(=O)Oc1ccccc1. The molecular formula is C14H15O3P. The standard InChI is InChI=1S/C14H15O3P/c1-12-8-6-7-11-14(12)17-18(2,15)16-13-9-4-3-5-10-13/h3-11H,1-2H3. The van der Waals surface area contributed by atoms with Crippen molar-refractivity contribution in [1.82, 2.24) is 0 Å². The lowest BCUT2D eigenvalue weighted by molar-refractivity contribution is 0.392. The van der Waals surface area contributed by atoms with Crippen molar-refractivity contribution in [1.29, 1.82) is 0 Å². The molecule has 2 aromatic rings. The molecule has 0 bridgehead atoms. The Morgan fingerprint density at radius 1 is 0.889 bits per heavy atom. The Morgan fingerprint density at radius 3 is 2.17 bits per heavy atom. The van der Waals surface area contributed by atoms with E-state index in [4.69, 9.17) is 9.05 Å². The summed E-state index contributed by atoms with van der Waals surface area (Å²) < 4.78 is 23.1. The fourth-order valence-corrected chi connectivity index (χ4v) is 2.63. The van der Waals surface area contributed by atoms with Gasteiger partial charge in [-0.15, -0.1) is 0 Å². The summed E-state index contributed by atoms with van der Waals surface area (Å²) in [6.45, 7) is 3.37. The van der Waals surface area contributed by atoms with Crippen LogP contribution in [0.1, 0.15) is 5.56 Å². The number of para-hydroxylation sites is 2. The van der Waals surface area contributed by atoms with E-state index in [1.165, 1.54) is 6.66 Å². The zero-order chi connectivity index (χ0) is 13.0. The van der Waals surface area contributed by atoms with Gasteiger partial charge < -0.3 is 9.05 Å². The molecule has 0 fully saturated rings. The highest BCUT2D eigenvalue weighted by Crippen LogP contribution is 2.45. The van der Waals surface area contributed by atoms with E-state index in [9.17, 15) is 4.57 Å². The summed E-state index contributed by atoms with van der Waals surface area (Å²) in [4.78, 5) is 0. The van der Waals surface area contributed by atoms with Gasteiger partial charge in [-0.1, -0.05) is 36.4 Å². The predicted molar refractivity (Wildman–Crippen MR) is 72.4 cm³/mol. The molecule has 4 heteroatoms. The van der Waals surface area contributed by atoms with Gasteiger partial charge in [-0.2, -0.15) is 0 Å². The van der Waals surface area contributed by atoms with Crippen molar-refractivity contribution >= 4 is 7.60 Å². The maximum Gasteiger partial charge on any atom is 0.427 e. The normalized spacial score (nSPS) is 13.7. The van der Waals surface area contributed by atoms with Crippen LogP contribution < -0.4 is 9.05 Å². The molecule has 0 amide bonds. The monoisotopic (exact) mass is 262 g/mol. The molecule has 0 aliphatic carbocycles. The molecule has 3 nitrogen and oxygen atoms in total. The van der Waals surface area contributed by atoms with Gasteiger partial charge in [0.25, 0.3) is 0 Å². The third-order valence-electron chi connectivity index (χ3n) is 2.37. The quantitative estimate of drug-likeness (QED) is 0.771. The van der Waals surface area contributed by atoms with Crippen molar-refractivity contribution in [2.45, 2.75) is 6.92 Å². The van der Waals surface area contributed by atoms with Gasteiger partial charge in [0.15, 0.2) is 0 Å². The topological polar surface area (TPSA) is 35.5 Å². The maximum absolute atomic E-state index is 12.3. The molecule has 2 aromatic carbocycles. The molecule has 1 unspecified atom stereocenters. The smallest absolute Gasteiger partial charge is 0.416 e. The van der Waals surface area contributed by atoms with Gasteiger partial charge in [0, 0.05) is 0 Å². The van der Waals surface area contributed by atoms with Crippen LogP contribution in [0.5, 0.6) is 11.5 Å².